The summed E-state index contributed by atoms with van der Waals surface area (Å²) in [5.74, 6) is 0.723. The quantitative estimate of drug-likeness (QED) is 0.734. The molecule has 5 nitrogen and oxygen atoms in total. The first-order valence-corrected chi connectivity index (χ1v) is 9.39. The molecule has 3 aromatic rings. The average Bonchev–Trinajstić information content (AvgIpc) is 3.11. The largest absolute Gasteiger partial charge is 0.482 e. The van der Waals surface area contributed by atoms with E-state index in [4.69, 9.17) is 4.74 Å². The predicted octanol–water partition coefficient (Wildman–Crippen LogP) is 4.61. The molecule has 0 atom stereocenters. The van der Waals surface area contributed by atoms with Crippen molar-refractivity contribution in [3.05, 3.63) is 53.4 Å². The van der Waals surface area contributed by atoms with Gasteiger partial charge in [0.1, 0.15) is 5.75 Å². The zero-order valence-corrected chi connectivity index (χ0v) is 15.5. The highest BCUT2D eigenvalue weighted by molar-refractivity contribution is 7.14. The van der Waals surface area contributed by atoms with Gasteiger partial charge in [-0.15, -0.1) is 11.3 Å². The number of hydrogen-bond acceptors (Lipinski definition) is 5. The first-order valence-electron chi connectivity index (χ1n) is 8.51. The van der Waals surface area contributed by atoms with Crippen molar-refractivity contribution >= 4 is 33.8 Å². The Morgan fingerprint density at radius 3 is 2.81 bits per heavy atom. The second-order valence-electron chi connectivity index (χ2n) is 6.14. The van der Waals surface area contributed by atoms with Crippen LogP contribution in [0.25, 0.3) is 11.3 Å². The fraction of sp³-hybridized carbons (Fsp3) is 0.200. The van der Waals surface area contributed by atoms with E-state index < -0.39 is 0 Å². The number of carbonyl (C=O) groups excluding carboxylic acids is 1. The first kappa shape index (κ1) is 16.6. The number of benzene rings is 2. The Bertz CT molecular complexity index is 950. The third-order valence-electron chi connectivity index (χ3n) is 4.32. The zero-order valence-electron chi connectivity index (χ0n) is 14.7. The topological polar surface area (TPSA) is 54.5 Å². The van der Waals surface area contributed by atoms with E-state index >= 15 is 0 Å². The van der Waals surface area contributed by atoms with Crippen LogP contribution in [0.4, 0.5) is 16.5 Å². The molecule has 2 aromatic carbocycles. The Kier molecular flexibility index (Phi) is 4.34. The number of hydrogen-bond donors (Lipinski definition) is 1. The SMILES string of the molecule is CCN1C(=O)COc2ccc(-c3csc(Nc4ccc(C)cc4)n3)cc21. The van der Waals surface area contributed by atoms with Crippen LogP contribution in [0.5, 0.6) is 5.75 Å². The van der Waals surface area contributed by atoms with Crippen molar-refractivity contribution in [3.8, 4) is 17.0 Å². The highest BCUT2D eigenvalue weighted by atomic mass is 32.1. The first-order chi connectivity index (χ1) is 12.6. The summed E-state index contributed by atoms with van der Waals surface area (Å²) in [5, 5.41) is 6.18. The molecule has 1 aliphatic rings. The minimum absolute atomic E-state index is 0.0165. The van der Waals surface area contributed by atoms with Gasteiger partial charge in [0.15, 0.2) is 11.7 Å². The van der Waals surface area contributed by atoms with Crippen molar-refractivity contribution in [3.63, 3.8) is 0 Å². The normalized spacial score (nSPS) is 13.3. The number of aryl methyl sites for hydroxylation is 1. The molecule has 6 heteroatoms. The van der Waals surface area contributed by atoms with Gasteiger partial charge in [-0.25, -0.2) is 4.98 Å². The van der Waals surface area contributed by atoms with Crippen molar-refractivity contribution in [1.29, 1.82) is 0 Å². The number of amides is 1. The van der Waals surface area contributed by atoms with Gasteiger partial charge in [-0.2, -0.15) is 0 Å². The van der Waals surface area contributed by atoms with Gasteiger partial charge in [0.25, 0.3) is 5.91 Å². The average molecular weight is 365 g/mol. The summed E-state index contributed by atoms with van der Waals surface area (Å²) in [6.07, 6.45) is 0. The molecule has 0 saturated heterocycles. The highest BCUT2D eigenvalue weighted by Gasteiger charge is 2.24. The standard InChI is InChI=1S/C20H19N3O2S/c1-3-23-17-10-14(6-9-18(17)25-11-19(23)24)16-12-26-20(22-16)21-15-7-4-13(2)5-8-15/h4-10,12H,3,11H2,1-2H3,(H,21,22). The molecule has 1 aromatic heterocycles. The highest BCUT2D eigenvalue weighted by Crippen LogP contribution is 2.37. The number of fused-ring (bicyclic) bond motifs is 1. The smallest absolute Gasteiger partial charge is 0.265 e. The molecular weight excluding hydrogens is 346 g/mol. The van der Waals surface area contributed by atoms with Crippen LogP contribution in [-0.4, -0.2) is 24.0 Å². The molecule has 0 bridgehead atoms. The van der Waals surface area contributed by atoms with E-state index in [1.807, 2.05) is 42.6 Å². The second kappa shape index (κ2) is 6.80. The molecule has 0 radical (unpaired) electrons. The van der Waals surface area contributed by atoms with Crippen LogP contribution in [0.1, 0.15) is 12.5 Å². The van der Waals surface area contributed by atoms with Gasteiger partial charge in [-0.3, -0.25) is 4.79 Å². The Morgan fingerprint density at radius 2 is 2.04 bits per heavy atom. The molecule has 0 saturated carbocycles. The van der Waals surface area contributed by atoms with Crippen molar-refractivity contribution < 1.29 is 9.53 Å². The maximum atomic E-state index is 12.0. The Labute approximate surface area is 156 Å². The monoisotopic (exact) mass is 365 g/mol. The lowest BCUT2D eigenvalue weighted by Gasteiger charge is -2.28. The third kappa shape index (κ3) is 3.15. The van der Waals surface area contributed by atoms with Crippen LogP contribution in [0.3, 0.4) is 0 Å². The third-order valence-corrected chi connectivity index (χ3v) is 5.08. The number of rotatable bonds is 4. The van der Waals surface area contributed by atoms with Crippen LogP contribution in [0, 0.1) is 6.92 Å². The number of nitrogens with zero attached hydrogens (tertiary/aromatic N) is 2. The van der Waals surface area contributed by atoms with Crippen LogP contribution in [-0.2, 0) is 4.79 Å². The molecule has 0 aliphatic carbocycles. The molecule has 2 heterocycles. The van der Waals surface area contributed by atoms with Crippen LogP contribution in [0.2, 0.25) is 0 Å². The van der Waals surface area contributed by atoms with E-state index in [1.54, 1.807) is 16.2 Å². The molecule has 0 spiro atoms. The van der Waals surface area contributed by atoms with Gasteiger partial charge < -0.3 is 15.0 Å². The van der Waals surface area contributed by atoms with E-state index in [0.29, 0.717) is 6.54 Å². The summed E-state index contributed by atoms with van der Waals surface area (Å²) in [4.78, 5) is 18.5. The number of nitrogens with one attached hydrogen (secondary N) is 1. The lowest BCUT2D eigenvalue weighted by atomic mass is 10.1. The van der Waals surface area contributed by atoms with Crippen LogP contribution < -0.4 is 15.0 Å². The van der Waals surface area contributed by atoms with E-state index in [2.05, 4.69) is 29.4 Å². The van der Waals surface area contributed by atoms with E-state index in [0.717, 1.165) is 33.5 Å². The van der Waals surface area contributed by atoms with Crippen molar-refractivity contribution in [2.45, 2.75) is 13.8 Å². The minimum Gasteiger partial charge on any atom is -0.482 e. The zero-order chi connectivity index (χ0) is 18.1. The molecule has 1 aliphatic heterocycles. The van der Waals surface area contributed by atoms with E-state index in [1.165, 1.54) is 5.56 Å². The number of likely N-dealkylation sites (N-methyl/N-ethyl adjacent to an activating group) is 1. The van der Waals surface area contributed by atoms with E-state index in [9.17, 15) is 4.79 Å². The van der Waals surface area contributed by atoms with Crippen LogP contribution >= 0.6 is 11.3 Å². The molecular formula is C20H19N3O2S. The summed E-state index contributed by atoms with van der Waals surface area (Å²) in [6, 6.07) is 14.1. The summed E-state index contributed by atoms with van der Waals surface area (Å²) in [6.45, 7) is 4.75. The molecule has 1 amide bonds. The number of thiazole rings is 1. The predicted molar refractivity (Wildman–Crippen MR) is 106 cm³/mol. The lowest BCUT2D eigenvalue weighted by molar-refractivity contribution is -0.121. The van der Waals surface area contributed by atoms with Crippen molar-refractivity contribution in [1.82, 2.24) is 4.98 Å². The molecule has 26 heavy (non-hydrogen) atoms. The maximum absolute atomic E-state index is 12.0. The number of carbonyl (C=O) groups is 1. The Hall–Kier alpha value is -2.86. The van der Waals surface area contributed by atoms with Gasteiger partial charge in [-0.05, 0) is 44.2 Å². The van der Waals surface area contributed by atoms with Crippen LogP contribution in [0.15, 0.2) is 47.8 Å². The number of aromatic nitrogens is 1. The molecule has 1 N–H and O–H groups in total. The second-order valence-corrected chi connectivity index (χ2v) is 7.00. The Balaban J connectivity index is 1.60. The maximum Gasteiger partial charge on any atom is 0.265 e. The number of ether oxygens (including phenoxy) is 1. The van der Waals surface area contributed by atoms with Gasteiger partial charge >= 0.3 is 0 Å². The number of anilines is 3. The van der Waals surface area contributed by atoms with Gasteiger partial charge in [0, 0.05) is 23.2 Å². The fourth-order valence-corrected chi connectivity index (χ4v) is 3.67. The van der Waals surface area contributed by atoms with E-state index in [-0.39, 0.29) is 12.5 Å². The van der Waals surface area contributed by atoms with Crippen molar-refractivity contribution in [2.75, 3.05) is 23.4 Å². The summed E-state index contributed by atoms with van der Waals surface area (Å²) >= 11 is 1.55. The molecule has 4 rings (SSSR count). The Morgan fingerprint density at radius 1 is 1.23 bits per heavy atom. The van der Waals surface area contributed by atoms with Gasteiger partial charge in [-0.1, -0.05) is 17.7 Å². The van der Waals surface area contributed by atoms with Gasteiger partial charge in [0.2, 0.25) is 0 Å². The molecule has 0 unspecified atom stereocenters. The summed E-state index contributed by atoms with van der Waals surface area (Å²) in [7, 11) is 0. The summed E-state index contributed by atoms with van der Waals surface area (Å²) in [5.41, 5.74) is 4.89. The van der Waals surface area contributed by atoms with Gasteiger partial charge in [0.05, 0.1) is 11.4 Å². The lowest BCUT2D eigenvalue weighted by Crippen LogP contribution is -2.38. The fourth-order valence-electron chi connectivity index (χ4n) is 2.93. The molecule has 0 fully saturated rings. The van der Waals surface area contributed by atoms with Crippen molar-refractivity contribution in [2.24, 2.45) is 0 Å². The molecule has 132 valence electrons. The summed E-state index contributed by atoms with van der Waals surface area (Å²) < 4.78 is 5.53. The minimum atomic E-state index is -0.0165.